The molecule has 0 aliphatic heterocycles. The second-order valence-corrected chi connectivity index (χ2v) is 5.04. The second kappa shape index (κ2) is 6.24. The number of anilines is 1. The van der Waals surface area contributed by atoms with E-state index in [1.807, 2.05) is 18.7 Å². The summed E-state index contributed by atoms with van der Waals surface area (Å²) in [6.07, 6.45) is 6.84. The molecular weight excluding hydrogens is 222 g/mol. The molecular formula is C15H21N3. The first-order chi connectivity index (χ1) is 8.74. The van der Waals surface area contributed by atoms with Gasteiger partial charge in [-0.15, -0.1) is 0 Å². The quantitative estimate of drug-likeness (QED) is 0.842. The molecule has 0 amide bonds. The van der Waals surface area contributed by atoms with Gasteiger partial charge in [-0.25, -0.2) is 4.98 Å². The molecule has 2 rings (SSSR count). The van der Waals surface area contributed by atoms with Gasteiger partial charge >= 0.3 is 0 Å². The van der Waals surface area contributed by atoms with E-state index < -0.39 is 0 Å². The van der Waals surface area contributed by atoms with Crippen LogP contribution in [0.4, 0.5) is 5.69 Å². The number of imidazole rings is 1. The third-order valence-corrected chi connectivity index (χ3v) is 2.90. The molecule has 0 saturated heterocycles. The Morgan fingerprint density at radius 2 is 2.22 bits per heavy atom. The Labute approximate surface area is 109 Å². The van der Waals surface area contributed by atoms with Crippen LogP contribution in [-0.4, -0.2) is 16.1 Å². The molecule has 0 spiro atoms. The summed E-state index contributed by atoms with van der Waals surface area (Å²) in [5.74, 6) is 0.742. The minimum Gasteiger partial charge on any atom is -0.385 e. The van der Waals surface area contributed by atoms with E-state index in [9.17, 15) is 0 Å². The molecule has 3 nitrogen and oxygen atoms in total. The lowest BCUT2D eigenvalue weighted by atomic mass is 10.1. The third kappa shape index (κ3) is 3.91. The molecule has 0 aliphatic rings. The topological polar surface area (TPSA) is 29.9 Å². The van der Waals surface area contributed by atoms with Crippen molar-refractivity contribution in [2.75, 3.05) is 11.9 Å². The van der Waals surface area contributed by atoms with Crippen LogP contribution < -0.4 is 5.32 Å². The van der Waals surface area contributed by atoms with Crippen LogP contribution in [0, 0.1) is 5.92 Å². The summed E-state index contributed by atoms with van der Waals surface area (Å²) in [7, 11) is 0. The van der Waals surface area contributed by atoms with Crippen LogP contribution in [0.15, 0.2) is 43.0 Å². The Kier molecular flexibility index (Phi) is 4.40. The molecule has 1 aromatic carbocycles. The van der Waals surface area contributed by atoms with Crippen molar-refractivity contribution in [2.24, 2.45) is 5.92 Å². The normalized spacial score (nSPS) is 10.8. The number of rotatable bonds is 6. The maximum Gasteiger partial charge on any atom is 0.0949 e. The lowest BCUT2D eigenvalue weighted by Gasteiger charge is -2.10. The van der Waals surface area contributed by atoms with Crippen LogP contribution >= 0.6 is 0 Å². The smallest absolute Gasteiger partial charge is 0.0949 e. The van der Waals surface area contributed by atoms with Gasteiger partial charge in [-0.2, -0.15) is 0 Å². The number of nitrogens with one attached hydrogen (secondary N) is 1. The molecule has 0 fully saturated rings. The molecule has 96 valence electrons. The standard InChI is InChI=1S/C15H21N3/c1-13(2)6-7-17-15-5-3-4-14(10-15)11-18-9-8-16-12-18/h3-5,8-10,12-13,17H,6-7,11H2,1-2H3. The molecule has 0 radical (unpaired) electrons. The Hall–Kier alpha value is -1.77. The van der Waals surface area contributed by atoms with Gasteiger partial charge in [-0.05, 0) is 30.0 Å². The summed E-state index contributed by atoms with van der Waals surface area (Å²) in [5.41, 5.74) is 2.50. The van der Waals surface area contributed by atoms with Crippen LogP contribution in [0.3, 0.4) is 0 Å². The summed E-state index contributed by atoms with van der Waals surface area (Å²) in [4.78, 5) is 4.06. The van der Waals surface area contributed by atoms with Gasteiger partial charge in [0.1, 0.15) is 0 Å². The minimum atomic E-state index is 0.742. The van der Waals surface area contributed by atoms with E-state index in [0.29, 0.717) is 0 Å². The number of hydrogen-bond acceptors (Lipinski definition) is 2. The predicted octanol–water partition coefficient (Wildman–Crippen LogP) is 3.39. The van der Waals surface area contributed by atoms with Gasteiger partial charge in [0, 0.05) is 31.2 Å². The largest absolute Gasteiger partial charge is 0.385 e. The fraction of sp³-hybridized carbons (Fsp3) is 0.400. The molecule has 1 aromatic heterocycles. The van der Waals surface area contributed by atoms with E-state index in [0.717, 1.165) is 19.0 Å². The fourth-order valence-corrected chi connectivity index (χ4v) is 1.88. The van der Waals surface area contributed by atoms with Gasteiger partial charge in [0.2, 0.25) is 0 Å². The predicted molar refractivity (Wildman–Crippen MR) is 75.7 cm³/mol. The number of benzene rings is 1. The zero-order valence-corrected chi connectivity index (χ0v) is 11.1. The summed E-state index contributed by atoms with van der Waals surface area (Å²) >= 11 is 0. The molecule has 0 aliphatic carbocycles. The Balaban J connectivity index is 1.92. The van der Waals surface area contributed by atoms with Gasteiger partial charge in [0.15, 0.2) is 0 Å². The summed E-state index contributed by atoms with van der Waals surface area (Å²) in [5, 5.41) is 3.47. The average molecular weight is 243 g/mol. The zero-order valence-electron chi connectivity index (χ0n) is 11.1. The SMILES string of the molecule is CC(C)CCNc1cccc(Cn2ccnc2)c1. The lowest BCUT2D eigenvalue weighted by Crippen LogP contribution is -2.05. The number of aromatic nitrogens is 2. The summed E-state index contributed by atoms with van der Waals surface area (Å²) < 4.78 is 2.08. The first-order valence-corrected chi connectivity index (χ1v) is 6.52. The van der Waals surface area contributed by atoms with Gasteiger partial charge < -0.3 is 9.88 Å². The molecule has 0 bridgehead atoms. The van der Waals surface area contributed by atoms with Gasteiger partial charge in [-0.3, -0.25) is 0 Å². The lowest BCUT2D eigenvalue weighted by molar-refractivity contribution is 0.607. The van der Waals surface area contributed by atoms with Crippen molar-refractivity contribution in [1.29, 1.82) is 0 Å². The van der Waals surface area contributed by atoms with E-state index in [2.05, 4.69) is 53.0 Å². The van der Waals surface area contributed by atoms with Crippen molar-refractivity contribution in [3.05, 3.63) is 48.5 Å². The first-order valence-electron chi connectivity index (χ1n) is 6.52. The Morgan fingerprint density at radius 3 is 2.94 bits per heavy atom. The highest BCUT2D eigenvalue weighted by Gasteiger charge is 1.98. The maximum atomic E-state index is 4.06. The van der Waals surface area contributed by atoms with E-state index in [4.69, 9.17) is 0 Å². The number of nitrogens with zero attached hydrogens (tertiary/aromatic N) is 2. The van der Waals surface area contributed by atoms with Crippen LogP contribution in [0.25, 0.3) is 0 Å². The maximum absolute atomic E-state index is 4.06. The van der Waals surface area contributed by atoms with Gasteiger partial charge in [0.05, 0.1) is 6.33 Å². The molecule has 1 N–H and O–H groups in total. The molecule has 0 atom stereocenters. The first kappa shape index (κ1) is 12.7. The summed E-state index contributed by atoms with van der Waals surface area (Å²) in [6, 6.07) is 8.58. The monoisotopic (exact) mass is 243 g/mol. The fourth-order valence-electron chi connectivity index (χ4n) is 1.88. The molecule has 1 heterocycles. The van der Waals surface area contributed by atoms with Crippen molar-refractivity contribution in [3.63, 3.8) is 0 Å². The second-order valence-electron chi connectivity index (χ2n) is 5.04. The van der Waals surface area contributed by atoms with Crippen molar-refractivity contribution >= 4 is 5.69 Å². The van der Waals surface area contributed by atoms with Crippen LogP contribution in [0.5, 0.6) is 0 Å². The van der Waals surface area contributed by atoms with Gasteiger partial charge in [0.25, 0.3) is 0 Å². The van der Waals surface area contributed by atoms with Gasteiger partial charge in [-0.1, -0.05) is 26.0 Å². The zero-order chi connectivity index (χ0) is 12.8. The average Bonchev–Trinajstić information content (AvgIpc) is 2.82. The van der Waals surface area contributed by atoms with E-state index in [-0.39, 0.29) is 0 Å². The molecule has 2 aromatic rings. The highest BCUT2D eigenvalue weighted by Crippen LogP contribution is 2.12. The van der Waals surface area contributed by atoms with E-state index >= 15 is 0 Å². The van der Waals surface area contributed by atoms with Crippen molar-refractivity contribution in [2.45, 2.75) is 26.8 Å². The number of hydrogen-bond donors (Lipinski definition) is 1. The van der Waals surface area contributed by atoms with Crippen molar-refractivity contribution in [1.82, 2.24) is 9.55 Å². The van der Waals surface area contributed by atoms with Crippen LogP contribution in [-0.2, 0) is 6.54 Å². The highest BCUT2D eigenvalue weighted by atomic mass is 15.0. The molecule has 0 saturated carbocycles. The van der Waals surface area contributed by atoms with Crippen molar-refractivity contribution < 1.29 is 0 Å². The molecule has 18 heavy (non-hydrogen) atoms. The van der Waals surface area contributed by atoms with Crippen molar-refractivity contribution in [3.8, 4) is 0 Å². The third-order valence-electron chi connectivity index (χ3n) is 2.90. The van der Waals surface area contributed by atoms with E-state index in [1.54, 1.807) is 0 Å². The minimum absolute atomic E-state index is 0.742. The Morgan fingerprint density at radius 1 is 1.33 bits per heavy atom. The van der Waals surface area contributed by atoms with Crippen LogP contribution in [0.2, 0.25) is 0 Å². The molecule has 0 unspecified atom stereocenters. The summed E-state index contributed by atoms with van der Waals surface area (Å²) in [6.45, 7) is 6.40. The Bertz CT molecular complexity index is 460. The van der Waals surface area contributed by atoms with Crippen LogP contribution in [0.1, 0.15) is 25.8 Å². The van der Waals surface area contributed by atoms with E-state index in [1.165, 1.54) is 17.7 Å². The highest BCUT2D eigenvalue weighted by molar-refractivity contribution is 5.45. The molecule has 3 heteroatoms.